The molecule has 0 bridgehead atoms. The molecule has 3 heterocycles. The molecule has 1 unspecified atom stereocenters. The van der Waals surface area contributed by atoms with Crippen LogP contribution in [0.5, 0.6) is 0 Å². The van der Waals surface area contributed by atoms with Crippen molar-refractivity contribution in [3.8, 4) is 0 Å². The Kier molecular flexibility index (Phi) is 5.97. The molecule has 0 spiro atoms. The maximum Gasteiger partial charge on any atom is 0.290 e. The van der Waals surface area contributed by atoms with E-state index in [1.165, 1.54) is 11.3 Å². The number of aliphatic hydroxyl groups is 1. The SMILES string of the molecule is O=C(C1=C(O)C(=O)N(CCN2CCCC2)C1c1ccc(Cl)c(Cl)c1)c1cccs1. The van der Waals surface area contributed by atoms with Gasteiger partial charge in [0.2, 0.25) is 5.78 Å². The van der Waals surface area contributed by atoms with Gasteiger partial charge in [0.25, 0.3) is 5.91 Å². The Bertz CT molecular complexity index is 968. The highest BCUT2D eigenvalue weighted by Gasteiger charge is 2.44. The van der Waals surface area contributed by atoms with Crippen LogP contribution in [0.4, 0.5) is 0 Å². The lowest BCUT2D eigenvalue weighted by atomic mass is 9.95. The summed E-state index contributed by atoms with van der Waals surface area (Å²) in [7, 11) is 0. The maximum atomic E-state index is 13.1. The fraction of sp³-hybridized carbons (Fsp3) is 0.333. The third kappa shape index (κ3) is 3.94. The number of amides is 1. The summed E-state index contributed by atoms with van der Waals surface area (Å²) in [6.07, 6.45) is 2.30. The Balaban J connectivity index is 1.71. The van der Waals surface area contributed by atoms with Gasteiger partial charge < -0.3 is 14.9 Å². The number of ketones is 1. The predicted molar refractivity (Wildman–Crippen MR) is 115 cm³/mol. The van der Waals surface area contributed by atoms with Gasteiger partial charge in [0, 0.05) is 13.1 Å². The van der Waals surface area contributed by atoms with Gasteiger partial charge in [-0.3, -0.25) is 9.59 Å². The van der Waals surface area contributed by atoms with Crippen LogP contribution < -0.4 is 0 Å². The number of halogens is 2. The van der Waals surface area contributed by atoms with Crippen LogP contribution in [0, 0.1) is 0 Å². The van der Waals surface area contributed by atoms with Crippen LogP contribution in [0.3, 0.4) is 0 Å². The average Bonchev–Trinajstić information content (AvgIpc) is 3.45. The van der Waals surface area contributed by atoms with E-state index < -0.39 is 17.7 Å². The van der Waals surface area contributed by atoms with Crippen LogP contribution in [0.25, 0.3) is 0 Å². The Morgan fingerprint density at radius 2 is 1.90 bits per heavy atom. The van der Waals surface area contributed by atoms with Gasteiger partial charge in [-0.1, -0.05) is 35.3 Å². The van der Waals surface area contributed by atoms with Crippen molar-refractivity contribution in [2.45, 2.75) is 18.9 Å². The molecule has 8 heteroatoms. The first-order valence-corrected chi connectivity index (χ1v) is 11.1. The van der Waals surface area contributed by atoms with Crippen molar-refractivity contribution in [1.82, 2.24) is 9.80 Å². The highest BCUT2D eigenvalue weighted by Crippen LogP contribution is 2.41. The van der Waals surface area contributed by atoms with Gasteiger partial charge in [0.05, 0.1) is 26.5 Å². The van der Waals surface area contributed by atoms with E-state index in [4.69, 9.17) is 23.2 Å². The van der Waals surface area contributed by atoms with Crippen molar-refractivity contribution in [3.63, 3.8) is 0 Å². The largest absolute Gasteiger partial charge is 0.503 e. The standard InChI is InChI=1S/C21H20Cl2N2O3S/c22-14-6-5-13(12-15(14)23)18-17(19(26)16-4-3-11-29-16)20(27)21(28)25(18)10-9-24-7-1-2-8-24/h3-6,11-12,18,27H,1-2,7-10H2. The Morgan fingerprint density at radius 1 is 1.14 bits per heavy atom. The second kappa shape index (κ2) is 8.48. The summed E-state index contributed by atoms with van der Waals surface area (Å²) in [5.41, 5.74) is 0.746. The third-order valence-corrected chi connectivity index (χ3v) is 7.02. The lowest BCUT2D eigenvalue weighted by Crippen LogP contribution is -2.37. The first kappa shape index (κ1) is 20.4. The van der Waals surface area contributed by atoms with Crippen LogP contribution in [-0.2, 0) is 4.79 Å². The Hall–Kier alpha value is -1.86. The minimum absolute atomic E-state index is 0.0947. The van der Waals surface area contributed by atoms with E-state index in [1.807, 2.05) is 0 Å². The van der Waals surface area contributed by atoms with E-state index in [9.17, 15) is 14.7 Å². The van der Waals surface area contributed by atoms with Crippen LogP contribution in [0.1, 0.15) is 34.1 Å². The van der Waals surface area contributed by atoms with Crippen molar-refractivity contribution >= 4 is 46.2 Å². The summed E-state index contributed by atoms with van der Waals surface area (Å²) in [5.74, 6) is -1.35. The number of hydrogen-bond donors (Lipinski definition) is 1. The first-order chi connectivity index (χ1) is 14.0. The molecular weight excluding hydrogens is 431 g/mol. The van der Waals surface area contributed by atoms with Crippen molar-refractivity contribution in [3.05, 3.63) is 67.5 Å². The summed E-state index contributed by atoms with van der Waals surface area (Å²) < 4.78 is 0. The Labute approximate surface area is 183 Å². The number of benzene rings is 1. The fourth-order valence-electron chi connectivity index (χ4n) is 3.94. The summed E-state index contributed by atoms with van der Waals surface area (Å²) >= 11 is 13.6. The van der Waals surface area contributed by atoms with Crippen molar-refractivity contribution in [1.29, 1.82) is 0 Å². The van der Waals surface area contributed by atoms with E-state index in [0.717, 1.165) is 25.9 Å². The van der Waals surface area contributed by atoms with E-state index >= 15 is 0 Å². The van der Waals surface area contributed by atoms with Crippen LogP contribution in [0.2, 0.25) is 10.0 Å². The number of thiophene rings is 1. The normalized spacial score (nSPS) is 20.1. The zero-order chi connectivity index (χ0) is 20.5. The van der Waals surface area contributed by atoms with Crippen LogP contribution in [-0.4, -0.2) is 52.8 Å². The number of carbonyl (C=O) groups is 2. The van der Waals surface area contributed by atoms with Crippen LogP contribution >= 0.6 is 34.5 Å². The van der Waals surface area contributed by atoms with E-state index in [2.05, 4.69) is 4.90 Å². The summed E-state index contributed by atoms with van der Waals surface area (Å²) in [6.45, 7) is 3.10. The second-order valence-electron chi connectivity index (χ2n) is 7.19. The van der Waals surface area contributed by atoms with Crippen LogP contribution in [0.15, 0.2) is 47.0 Å². The van der Waals surface area contributed by atoms with E-state index in [0.29, 0.717) is 33.6 Å². The number of hydrogen-bond acceptors (Lipinski definition) is 5. The molecule has 1 aromatic carbocycles. The van der Waals surface area contributed by atoms with Gasteiger partial charge in [-0.2, -0.15) is 0 Å². The number of carbonyl (C=O) groups excluding carboxylic acids is 2. The predicted octanol–water partition coefficient (Wildman–Crippen LogP) is 4.73. The summed E-state index contributed by atoms with van der Waals surface area (Å²) in [5, 5.41) is 13.2. The molecule has 1 N–H and O–H groups in total. The molecule has 5 nitrogen and oxygen atoms in total. The first-order valence-electron chi connectivity index (χ1n) is 9.47. The molecule has 1 aromatic heterocycles. The van der Waals surface area contributed by atoms with Gasteiger partial charge in [-0.05, 0) is 55.1 Å². The highest BCUT2D eigenvalue weighted by molar-refractivity contribution is 7.12. The monoisotopic (exact) mass is 450 g/mol. The summed E-state index contributed by atoms with van der Waals surface area (Å²) in [4.78, 5) is 30.4. The molecule has 0 aliphatic carbocycles. The molecule has 1 atom stereocenters. The molecule has 2 aliphatic heterocycles. The second-order valence-corrected chi connectivity index (χ2v) is 8.95. The molecular formula is C21H20Cl2N2O3S. The zero-order valence-electron chi connectivity index (χ0n) is 15.6. The molecule has 29 heavy (non-hydrogen) atoms. The quantitative estimate of drug-likeness (QED) is 0.646. The van der Waals surface area contributed by atoms with E-state index in [1.54, 1.807) is 40.6 Å². The smallest absolute Gasteiger partial charge is 0.290 e. The minimum atomic E-state index is -0.700. The van der Waals surface area contributed by atoms with E-state index in [-0.39, 0.29) is 11.4 Å². The van der Waals surface area contributed by atoms with Gasteiger partial charge in [0.15, 0.2) is 5.76 Å². The van der Waals surface area contributed by atoms with Crippen molar-refractivity contribution in [2.75, 3.05) is 26.2 Å². The minimum Gasteiger partial charge on any atom is -0.503 e. The number of aliphatic hydroxyl groups excluding tert-OH is 1. The zero-order valence-corrected chi connectivity index (χ0v) is 17.9. The lowest BCUT2D eigenvalue weighted by Gasteiger charge is -2.28. The molecule has 1 saturated heterocycles. The fourth-order valence-corrected chi connectivity index (χ4v) is 4.93. The van der Waals surface area contributed by atoms with Gasteiger partial charge in [-0.25, -0.2) is 0 Å². The molecule has 0 saturated carbocycles. The Morgan fingerprint density at radius 3 is 2.55 bits per heavy atom. The number of nitrogens with zero attached hydrogens (tertiary/aromatic N) is 2. The molecule has 152 valence electrons. The number of rotatable bonds is 6. The van der Waals surface area contributed by atoms with Crippen molar-refractivity contribution in [2.24, 2.45) is 0 Å². The highest BCUT2D eigenvalue weighted by atomic mass is 35.5. The topological polar surface area (TPSA) is 60.9 Å². The van der Waals surface area contributed by atoms with Gasteiger partial charge >= 0.3 is 0 Å². The molecule has 1 fully saturated rings. The number of Topliss-reactive ketones (excluding diaryl/α,β-unsaturated/α-hetero) is 1. The molecule has 4 rings (SSSR count). The van der Waals surface area contributed by atoms with Gasteiger partial charge in [0.1, 0.15) is 0 Å². The average molecular weight is 451 g/mol. The van der Waals surface area contributed by atoms with Gasteiger partial charge in [-0.15, -0.1) is 11.3 Å². The number of likely N-dealkylation sites (tertiary alicyclic amines) is 1. The molecule has 2 aromatic rings. The molecule has 2 aliphatic rings. The third-order valence-electron chi connectivity index (χ3n) is 5.41. The summed E-state index contributed by atoms with van der Waals surface area (Å²) in [6, 6.07) is 7.81. The molecule has 0 radical (unpaired) electrons. The maximum absolute atomic E-state index is 13.1. The molecule has 1 amide bonds. The lowest BCUT2D eigenvalue weighted by molar-refractivity contribution is -0.129. The van der Waals surface area contributed by atoms with Crippen molar-refractivity contribution < 1.29 is 14.7 Å².